The van der Waals surface area contributed by atoms with Crippen LogP contribution in [0.15, 0.2) is 11.4 Å². The fourth-order valence-corrected chi connectivity index (χ4v) is 6.71. The SMILES string of the molecule is COC(=O)c1c(NC(=O)CSc2ncnc3sc4c(c23)CCCC4)sc(C)c1C. The van der Waals surface area contributed by atoms with Gasteiger partial charge in [0.25, 0.3) is 0 Å². The van der Waals surface area contributed by atoms with E-state index in [-0.39, 0.29) is 11.7 Å². The number of carbonyl (C=O) groups is 2. The number of thiophene rings is 2. The van der Waals surface area contributed by atoms with Gasteiger partial charge in [0.15, 0.2) is 0 Å². The Morgan fingerprint density at radius 2 is 2.00 bits per heavy atom. The summed E-state index contributed by atoms with van der Waals surface area (Å²) in [5.41, 5.74) is 2.63. The maximum absolute atomic E-state index is 12.6. The van der Waals surface area contributed by atoms with Crippen molar-refractivity contribution in [2.24, 2.45) is 0 Å². The third-order valence-electron chi connectivity index (χ3n) is 5.08. The molecule has 0 aliphatic heterocycles. The highest BCUT2D eigenvalue weighted by Gasteiger charge is 2.23. The van der Waals surface area contributed by atoms with Crippen LogP contribution in [0.25, 0.3) is 10.2 Å². The van der Waals surface area contributed by atoms with E-state index in [0.717, 1.165) is 38.5 Å². The van der Waals surface area contributed by atoms with Crippen molar-refractivity contribution in [2.75, 3.05) is 18.2 Å². The molecular formula is C20H21N3O3S3. The van der Waals surface area contributed by atoms with Crippen molar-refractivity contribution in [3.8, 4) is 0 Å². The molecule has 1 N–H and O–H groups in total. The molecule has 0 atom stereocenters. The van der Waals surface area contributed by atoms with Gasteiger partial charge in [-0.25, -0.2) is 14.8 Å². The molecule has 3 aromatic heterocycles. The van der Waals surface area contributed by atoms with E-state index in [1.807, 2.05) is 13.8 Å². The number of anilines is 1. The van der Waals surface area contributed by atoms with E-state index in [4.69, 9.17) is 4.74 Å². The molecule has 0 bridgehead atoms. The summed E-state index contributed by atoms with van der Waals surface area (Å²) in [6.07, 6.45) is 6.14. The largest absolute Gasteiger partial charge is 0.465 e. The molecule has 3 aromatic rings. The Morgan fingerprint density at radius 3 is 2.79 bits per heavy atom. The van der Waals surface area contributed by atoms with Gasteiger partial charge in [-0.2, -0.15) is 0 Å². The second-order valence-corrected chi connectivity index (χ2v) is 10.2. The van der Waals surface area contributed by atoms with Gasteiger partial charge in [-0.15, -0.1) is 22.7 Å². The van der Waals surface area contributed by atoms with Crippen molar-refractivity contribution in [2.45, 2.75) is 44.6 Å². The van der Waals surface area contributed by atoms with Crippen molar-refractivity contribution in [1.82, 2.24) is 9.97 Å². The van der Waals surface area contributed by atoms with Crippen LogP contribution in [0.5, 0.6) is 0 Å². The summed E-state index contributed by atoms with van der Waals surface area (Å²) in [5.74, 6) is -0.387. The maximum atomic E-state index is 12.6. The van der Waals surface area contributed by atoms with Gasteiger partial charge in [-0.3, -0.25) is 4.79 Å². The van der Waals surface area contributed by atoms with Gasteiger partial charge < -0.3 is 10.1 Å². The monoisotopic (exact) mass is 447 g/mol. The van der Waals surface area contributed by atoms with Crippen molar-refractivity contribution >= 4 is 61.5 Å². The lowest BCUT2D eigenvalue weighted by Gasteiger charge is -2.11. The van der Waals surface area contributed by atoms with Crippen molar-refractivity contribution in [1.29, 1.82) is 0 Å². The number of rotatable bonds is 5. The average molecular weight is 448 g/mol. The zero-order valence-electron chi connectivity index (χ0n) is 16.5. The number of esters is 1. The third kappa shape index (κ3) is 3.91. The predicted molar refractivity (Wildman–Crippen MR) is 119 cm³/mol. The van der Waals surface area contributed by atoms with E-state index in [9.17, 15) is 9.59 Å². The quantitative estimate of drug-likeness (QED) is 0.345. The summed E-state index contributed by atoms with van der Waals surface area (Å²) in [6.45, 7) is 3.79. The standard InChI is InChI=1S/C20H21N3O3S3/c1-10-11(2)28-19(15(10)20(25)26-3)23-14(24)8-27-17-16-12-6-4-5-7-13(12)29-18(16)22-9-21-17/h9H,4-8H2,1-3H3,(H,23,24). The number of carbonyl (C=O) groups excluding carboxylic acids is 2. The number of methoxy groups -OCH3 is 1. The second-order valence-electron chi connectivity index (χ2n) is 6.89. The number of aryl methyl sites for hydroxylation is 3. The lowest BCUT2D eigenvalue weighted by molar-refractivity contribution is -0.113. The van der Waals surface area contributed by atoms with Gasteiger partial charge >= 0.3 is 5.97 Å². The molecule has 1 aliphatic carbocycles. The number of ether oxygens (including phenoxy) is 1. The van der Waals surface area contributed by atoms with Crippen LogP contribution < -0.4 is 5.32 Å². The van der Waals surface area contributed by atoms with Crippen LogP contribution in [0.2, 0.25) is 0 Å². The van der Waals surface area contributed by atoms with Crippen LogP contribution in [0.4, 0.5) is 5.00 Å². The first-order valence-electron chi connectivity index (χ1n) is 9.35. The van der Waals surface area contributed by atoms with Crippen molar-refractivity contribution in [3.05, 3.63) is 32.8 Å². The molecule has 0 radical (unpaired) electrons. The number of nitrogens with one attached hydrogen (secondary N) is 1. The zero-order chi connectivity index (χ0) is 20.5. The van der Waals surface area contributed by atoms with Crippen LogP contribution in [-0.4, -0.2) is 34.7 Å². The number of aromatic nitrogens is 2. The molecule has 0 aromatic carbocycles. The molecule has 0 spiro atoms. The molecule has 29 heavy (non-hydrogen) atoms. The molecule has 0 fully saturated rings. The van der Waals surface area contributed by atoms with Crippen LogP contribution >= 0.6 is 34.4 Å². The van der Waals surface area contributed by atoms with Crippen LogP contribution in [0.1, 0.15) is 44.1 Å². The molecule has 0 saturated carbocycles. The highest BCUT2D eigenvalue weighted by molar-refractivity contribution is 8.00. The Balaban J connectivity index is 1.52. The summed E-state index contributed by atoms with van der Waals surface area (Å²) in [4.78, 5) is 37.0. The third-order valence-corrected chi connectivity index (χ3v) is 8.40. The van der Waals surface area contributed by atoms with Gasteiger partial charge in [0.2, 0.25) is 5.91 Å². The van der Waals surface area contributed by atoms with E-state index >= 15 is 0 Å². The fourth-order valence-electron chi connectivity index (χ4n) is 3.53. The predicted octanol–water partition coefficient (Wildman–Crippen LogP) is 4.77. The molecule has 3 heterocycles. The molecule has 152 valence electrons. The van der Waals surface area contributed by atoms with Gasteiger partial charge in [0.1, 0.15) is 21.2 Å². The van der Waals surface area contributed by atoms with Gasteiger partial charge in [0, 0.05) is 15.1 Å². The first-order chi connectivity index (χ1) is 14.0. The smallest absolute Gasteiger partial charge is 0.341 e. The minimum atomic E-state index is -0.433. The number of fused-ring (bicyclic) bond motifs is 3. The highest BCUT2D eigenvalue weighted by Crippen LogP contribution is 2.39. The average Bonchev–Trinajstić information content (AvgIpc) is 3.23. The number of amides is 1. The van der Waals surface area contributed by atoms with Crippen molar-refractivity contribution in [3.63, 3.8) is 0 Å². The van der Waals surface area contributed by atoms with E-state index in [1.54, 1.807) is 17.7 Å². The van der Waals surface area contributed by atoms with Crippen molar-refractivity contribution < 1.29 is 14.3 Å². The lowest BCUT2D eigenvalue weighted by atomic mass is 9.97. The summed E-state index contributed by atoms with van der Waals surface area (Å²) >= 11 is 4.56. The van der Waals surface area contributed by atoms with E-state index in [1.165, 1.54) is 53.5 Å². The van der Waals surface area contributed by atoms with Gasteiger partial charge in [-0.1, -0.05) is 11.8 Å². The number of thioether (sulfide) groups is 1. The molecule has 4 rings (SSSR count). The summed E-state index contributed by atoms with van der Waals surface area (Å²) in [5, 5.41) is 5.39. The summed E-state index contributed by atoms with van der Waals surface area (Å²) in [7, 11) is 1.35. The molecule has 1 amide bonds. The van der Waals surface area contributed by atoms with E-state index in [0.29, 0.717) is 10.6 Å². The fraction of sp³-hybridized carbons (Fsp3) is 0.400. The minimum Gasteiger partial charge on any atom is -0.465 e. The highest BCUT2D eigenvalue weighted by atomic mass is 32.2. The molecular weight excluding hydrogens is 426 g/mol. The number of hydrogen-bond donors (Lipinski definition) is 1. The van der Waals surface area contributed by atoms with E-state index < -0.39 is 5.97 Å². The van der Waals surface area contributed by atoms with Gasteiger partial charge in [0.05, 0.1) is 18.4 Å². The van der Waals surface area contributed by atoms with Crippen LogP contribution in [0.3, 0.4) is 0 Å². The van der Waals surface area contributed by atoms with Gasteiger partial charge in [-0.05, 0) is 50.7 Å². The molecule has 0 saturated heterocycles. The normalized spacial score (nSPS) is 13.3. The minimum absolute atomic E-state index is 0.169. The Hall–Kier alpha value is -1.97. The second kappa shape index (κ2) is 8.41. The molecule has 0 unspecified atom stereocenters. The summed E-state index contributed by atoms with van der Waals surface area (Å²) in [6, 6.07) is 0. The van der Waals surface area contributed by atoms with E-state index in [2.05, 4.69) is 15.3 Å². The zero-order valence-corrected chi connectivity index (χ0v) is 18.9. The first-order valence-corrected chi connectivity index (χ1v) is 12.0. The Morgan fingerprint density at radius 1 is 1.21 bits per heavy atom. The Bertz CT molecular complexity index is 1100. The first kappa shape index (κ1) is 20.3. The molecule has 9 heteroatoms. The number of hydrogen-bond acceptors (Lipinski definition) is 8. The topological polar surface area (TPSA) is 81.2 Å². The molecule has 6 nitrogen and oxygen atoms in total. The van der Waals surface area contributed by atoms with Crippen LogP contribution in [-0.2, 0) is 22.4 Å². The maximum Gasteiger partial charge on any atom is 0.341 e. The summed E-state index contributed by atoms with van der Waals surface area (Å²) < 4.78 is 4.87. The molecule has 1 aliphatic rings. The Kier molecular flexibility index (Phi) is 5.89. The lowest BCUT2D eigenvalue weighted by Crippen LogP contribution is -2.16. The Labute approximate surface area is 181 Å². The van der Waals surface area contributed by atoms with Crippen LogP contribution in [0, 0.1) is 13.8 Å². The number of nitrogens with zero attached hydrogens (tertiary/aromatic N) is 2.